The summed E-state index contributed by atoms with van der Waals surface area (Å²) in [5, 5.41) is 10.9. The highest BCUT2D eigenvalue weighted by Crippen LogP contribution is 2.34. The monoisotopic (exact) mass is 332 g/mol. The van der Waals surface area contributed by atoms with E-state index in [1.807, 2.05) is 31.2 Å². The van der Waals surface area contributed by atoms with Crippen LogP contribution >= 0.6 is 0 Å². The molecule has 0 amide bonds. The molecule has 23 heavy (non-hydrogen) atoms. The Morgan fingerprint density at radius 2 is 1.91 bits per heavy atom. The van der Waals surface area contributed by atoms with Gasteiger partial charge in [-0.25, -0.2) is 8.42 Å². The lowest BCUT2D eigenvalue weighted by Gasteiger charge is -2.34. The predicted octanol–water partition coefficient (Wildman–Crippen LogP) is 2.90. The van der Waals surface area contributed by atoms with Gasteiger partial charge >= 0.3 is 0 Å². The van der Waals surface area contributed by atoms with Gasteiger partial charge in [0.1, 0.15) is 0 Å². The van der Waals surface area contributed by atoms with Crippen LogP contribution in [0.3, 0.4) is 0 Å². The summed E-state index contributed by atoms with van der Waals surface area (Å²) in [4.78, 5) is 10.2. The van der Waals surface area contributed by atoms with Crippen LogP contribution in [0, 0.1) is 10.1 Å². The molecule has 0 fully saturated rings. The highest BCUT2D eigenvalue weighted by Gasteiger charge is 2.34. The first kappa shape index (κ1) is 15.6. The number of rotatable bonds is 3. The molecule has 0 saturated carbocycles. The van der Waals surface area contributed by atoms with Gasteiger partial charge in [0, 0.05) is 24.7 Å². The first-order valence-electron chi connectivity index (χ1n) is 7.25. The average Bonchev–Trinajstić information content (AvgIpc) is 2.55. The van der Waals surface area contributed by atoms with Crippen molar-refractivity contribution < 1.29 is 13.3 Å². The van der Waals surface area contributed by atoms with Crippen LogP contribution in [0.4, 0.5) is 5.69 Å². The maximum absolute atomic E-state index is 12.9. The molecular weight excluding hydrogens is 316 g/mol. The highest BCUT2D eigenvalue weighted by atomic mass is 32.2. The third-order valence-electron chi connectivity index (χ3n) is 4.17. The van der Waals surface area contributed by atoms with Crippen molar-refractivity contribution >= 4 is 15.7 Å². The fourth-order valence-corrected chi connectivity index (χ4v) is 4.62. The molecule has 0 radical (unpaired) electrons. The van der Waals surface area contributed by atoms with Gasteiger partial charge in [0.15, 0.2) is 0 Å². The summed E-state index contributed by atoms with van der Waals surface area (Å²) < 4.78 is 27.2. The van der Waals surface area contributed by atoms with Crippen molar-refractivity contribution in [2.24, 2.45) is 0 Å². The van der Waals surface area contributed by atoms with Crippen molar-refractivity contribution in [3.05, 3.63) is 69.8 Å². The lowest BCUT2D eigenvalue weighted by molar-refractivity contribution is -0.385. The zero-order chi connectivity index (χ0) is 16.6. The van der Waals surface area contributed by atoms with E-state index in [-0.39, 0.29) is 16.6 Å². The maximum atomic E-state index is 12.9. The van der Waals surface area contributed by atoms with E-state index in [9.17, 15) is 18.5 Å². The molecule has 120 valence electrons. The molecule has 0 spiro atoms. The molecule has 2 aromatic rings. The first-order valence-corrected chi connectivity index (χ1v) is 8.69. The molecule has 1 aliphatic rings. The van der Waals surface area contributed by atoms with Crippen LogP contribution in [0.25, 0.3) is 0 Å². The van der Waals surface area contributed by atoms with Gasteiger partial charge < -0.3 is 0 Å². The number of benzene rings is 2. The minimum absolute atomic E-state index is 0.0436. The minimum Gasteiger partial charge on any atom is -0.258 e. The van der Waals surface area contributed by atoms with Gasteiger partial charge in [0.2, 0.25) is 10.0 Å². The maximum Gasteiger partial charge on any atom is 0.270 e. The van der Waals surface area contributed by atoms with Crippen molar-refractivity contribution in [1.82, 2.24) is 4.31 Å². The van der Waals surface area contributed by atoms with Crippen LogP contribution in [0.15, 0.2) is 53.4 Å². The quantitative estimate of drug-likeness (QED) is 0.639. The van der Waals surface area contributed by atoms with Crippen LogP contribution in [0.1, 0.15) is 24.1 Å². The predicted molar refractivity (Wildman–Crippen MR) is 85.5 cm³/mol. The molecule has 0 aromatic heterocycles. The van der Waals surface area contributed by atoms with E-state index in [4.69, 9.17) is 0 Å². The Morgan fingerprint density at radius 3 is 2.65 bits per heavy atom. The van der Waals surface area contributed by atoms with Crippen LogP contribution in [-0.2, 0) is 16.4 Å². The summed E-state index contributed by atoms with van der Waals surface area (Å²) in [5.74, 6) is 0. The summed E-state index contributed by atoms with van der Waals surface area (Å²) >= 11 is 0. The number of nitro benzene ring substituents is 1. The molecule has 7 heteroatoms. The van der Waals surface area contributed by atoms with Crippen molar-refractivity contribution in [3.8, 4) is 0 Å². The van der Waals surface area contributed by atoms with E-state index >= 15 is 0 Å². The van der Waals surface area contributed by atoms with Crippen LogP contribution in [-0.4, -0.2) is 24.2 Å². The highest BCUT2D eigenvalue weighted by molar-refractivity contribution is 7.89. The summed E-state index contributed by atoms with van der Waals surface area (Å²) in [7, 11) is -3.78. The van der Waals surface area contributed by atoms with Gasteiger partial charge in [-0.3, -0.25) is 10.1 Å². The van der Waals surface area contributed by atoms with Gasteiger partial charge in [-0.2, -0.15) is 4.31 Å². The Balaban J connectivity index is 2.01. The fourth-order valence-electron chi connectivity index (χ4n) is 2.97. The summed E-state index contributed by atoms with van der Waals surface area (Å²) in [5.41, 5.74) is 1.90. The van der Waals surface area contributed by atoms with E-state index in [2.05, 4.69) is 0 Å². The third kappa shape index (κ3) is 2.73. The first-order chi connectivity index (χ1) is 10.9. The van der Waals surface area contributed by atoms with Crippen molar-refractivity contribution in [2.75, 3.05) is 6.54 Å². The van der Waals surface area contributed by atoms with Gasteiger partial charge in [0.25, 0.3) is 5.69 Å². The van der Waals surface area contributed by atoms with Crippen LogP contribution in [0.2, 0.25) is 0 Å². The molecule has 1 heterocycles. The zero-order valence-electron chi connectivity index (χ0n) is 12.5. The zero-order valence-corrected chi connectivity index (χ0v) is 13.4. The molecule has 2 aromatic carbocycles. The lowest BCUT2D eigenvalue weighted by atomic mass is 9.96. The molecule has 1 atom stereocenters. The summed E-state index contributed by atoms with van der Waals surface area (Å²) in [6.45, 7) is 2.20. The Hall–Kier alpha value is -2.25. The average molecular weight is 332 g/mol. The number of hydrogen-bond acceptors (Lipinski definition) is 4. The molecule has 0 bridgehead atoms. The number of sulfonamides is 1. The number of fused-ring (bicyclic) bond motifs is 1. The van der Waals surface area contributed by atoms with E-state index in [1.54, 1.807) is 0 Å². The normalized spacial score (nSPS) is 18.4. The number of non-ortho nitro benzene ring substituents is 1. The van der Waals surface area contributed by atoms with Crippen molar-refractivity contribution in [2.45, 2.75) is 24.3 Å². The molecular formula is C16H16N2O4S. The largest absolute Gasteiger partial charge is 0.270 e. The molecule has 0 N–H and O–H groups in total. The standard InChI is InChI=1S/C16H16N2O4S/c1-12-16-8-3-2-5-13(16)9-10-17(12)23(21,22)15-7-4-6-14(11-15)18(19)20/h2-8,11-12H,9-10H2,1H3. The van der Waals surface area contributed by atoms with Gasteiger partial charge in [-0.1, -0.05) is 30.3 Å². The van der Waals surface area contributed by atoms with Crippen LogP contribution in [0.5, 0.6) is 0 Å². The minimum atomic E-state index is -3.78. The third-order valence-corrected chi connectivity index (χ3v) is 6.14. The SMILES string of the molecule is CC1c2ccccc2CCN1S(=O)(=O)c1cccc([N+](=O)[O-])c1. The number of nitro groups is 1. The number of nitrogens with zero attached hydrogens (tertiary/aromatic N) is 2. The Bertz CT molecular complexity index is 864. The van der Waals surface area contributed by atoms with E-state index < -0.39 is 14.9 Å². The topological polar surface area (TPSA) is 80.5 Å². The van der Waals surface area contributed by atoms with Gasteiger partial charge in [-0.05, 0) is 30.5 Å². The van der Waals surface area contributed by atoms with E-state index in [0.29, 0.717) is 13.0 Å². The number of hydrogen-bond donors (Lipinski definition) is 0. The second-order valence-electron chi connectivity index (χ2n) is 5.50. The Kier molecular flexibility index (Phi) is 3.91. The Morgan fingerprint density at radius 1 is 1.17 bits per heavy atom. The smallest absolute Gasteiger partial charge is 0.258 e. The molecule has 1 unspecified atom stereocenters. The lowest BCUT2D eigenvalue weighted by Crippen LogP contribution is -2.38. The van der Waals surface area contributed by atoms with Gasteiger partial charge in [0.05, 0.1) is 9.82 Å². The van der Waals surface area contributed by atoms with Crippen LogP contribution < -0.4 is 0 Å². The summed E-state index contributed by atoms with van der Waals surface area (Å²) in [6, 6.07) is 12.6. The molecule has 3 rings (SSSR count). The van der Waals surface area contributed by atoms with E-state index in [0.717, 1.165) is 17.2 Å². The Labute approximate surface area is 134 Å². The second kappa shape index (κ2) is 5.75. The van der Waals surface area contributed by atoms with Crippen molar-refractivity contribution in [1.29, 1.82) is 0 Å². The molecule has 0 saturated heterocycles. The van der Waals surface area contributed by atoms with Crippen molar-refractivity contribution in [3.63, 3.8) is 0 Å². The van der Waals surface area contributed by atoms with Gasteiger partial charge in [-0.15, -0.1) is 0 Å². The molecule has 6 nitrogen and oxygen atoms in total. The molecule has 0 aliphatic carbocycles. The second-order valence-corrected chi connectivity index (χ2v) is 7.39. The fraction of sp³-hybridized carbons (Fsp3) is 0.250. The molecule has 1 aliphatic heterocycles. The summed E-state index contributed by atoms with van der Waals surface area (Å²) in [6.07, 6.45) is 0.634. The van der Waals surface area contributed by atoms with E-state index in [1.165, 1.54) is 22.5 Å².